The Morgan fingerprint density at radius 2 is 2.12 bits per heavy atom. The molecule has 0 spiro atoms. The lowest BCUT2D eigenvalue weighted by atomic mass is 10.1. The molecule has 0 aliphatic rings. The molecule has 0 atom stereocenters. The number of pyridine rings is 1. The number of rotatable bonds is 4. The van der Waals surface area contributed by atoms with Crippen molar-refractivity contribution < 1.29 is 4.74 Å². The number of aromatic nitrogens is 2. The van der Waals surface area contributed by atoms with Gasteiger partial charge >= 0.3 is 0 Å². The number of nitrogens with zero attached hydrogens (tertiary/aromatic N) is 1. The molecule has 0 aliphatic carbocycles. The Labute approximate surface area is 95.5 Å². The van der Waals surface area contributed by atoms with Gasteiger partial charge in [-0.1, -0.05) is 6.92 Å². The average Bonchev–Trinajstić information content (AvgIpc) is 2.78. The number of aryl methyl sites for hydroxylation is 1. The van der Waals surface area contributed by atoms with Crippen LogP contribution in [0.4, 0.5) is 0 Å². The first-order valence-electron chi connectivity index (χ1n) is 5.60. The Balaban J connectivity index is 2.27. The number of nitrogens with one attached hydrogen (secondary N) is 1. The van der Waals surface area contributed by atoms with E-state index in [9.17, 15) is 0 Å². The van der Waals surface area contributed by atoms with Crippen molar-refractivity contribution in [2.75, 3.05) is 6.61 Å². The summed E-state index contributed by atoms with van der Waals surface area (Å²) in [4.78, 5) is 7.39. The molecule has 0 fully saturated rings. The molecule has 2 rings (SSSR count). The molecule has 1 N–H and O–H groups in total. The number of hydrogen-bond acceptors (Lipinski definition) is 2. The number of ether oxygens (including phenoxy) is 1. The molecule has 2 heterocycles. The minimum atomic E-state index is 0.650. The van der Waals surface area contributed by atoms with Crippen molar-refractivity contribution in [2.45, 2.75) is 20.3 Å². The second-order valence-electron chi connectivity index (χ2n) is 3.57. The minimum absolute atomic E-state index is 0.650. The van der Waals surface area contributed by atoms with E-state index in [0.717, 1.165) is 12.0 Å². The topological polar surface area (TPSA) is 37.9 Å². The van der Waals surface area contributed by atoms with Gasteiger partial charge in [-0.15, -0.1) is 0 Å². The van der Waals surface area contributed by atoms with E-state index in [-0.39, 0.29) is 0 Å². The zero-order chi connectivity index (χ0) is 11.4. The smallest absolute Gasteiger partial charge is 0.213 e. The highest BCUT2D eigenvalue weighted by Gasteiger charge is 2.05. The lowest BCUT2D eigenvalue weighted by molar-refractivity contribution is 0.327. The first kappa shape index (κ1) is 10.7. The SMILES string of the molecule is CCOc1ccc(-c2c[nH]cc2CC)cn1. The van der Waals surface area contributed by atoms with Gasteiger partial charge in [0.1, 0.15) is 0 Å². The highest BCUT2D eigenvalue weighted by molar-refractivity contribution is 5.66. The molecule has 16 heavy (non-hydrogen) atoms. The first-order valence-corrected chi connectivity index (χ1v) is 5.60. The van der Waals surface area contributed by atoms with Gasteiger partial charge in [0.15, 0.2) is 0 Å². The van der Waals surface area contributed by atoms with Crippen LogP contribution in [0.1, 0.15) is 19.4 Å². The second-order valence-corrected chi connectivity index (χ2v) is 3.57. The largest absolute Gasteiger partial charge is 0.478 e. The van der Waals surface area contributed by atoms with Gasteiger partial charge in [0.2, 0.25) is 5.88 Å². The van der Waals surface area contributed by atoms with Gasteiger partial charge in [-0.2, -0.15) is 0 Å². The molecule has 2 aromatic heterocycles. The highest BCUT2D eigenvalue weighted by atomic mass is 16.5. The molecule has 0 radical (unpaired) electrons. The van der Waals surface area contributed by atoms with Gasteiger partial charge in [-0.3, -0.25) is 0 Å². The van der Waals surface area contributed by atoms with Crippen molar-refractivity contribution in [3.8, 4) is 17.0 Å². The summed E-state index contributed by atoms with van der Waals surface area (Å²) in [5.41, 5.74) is 3.66. The fraction of sp³-hybridized carbons (Fsp3) is 0.308. The number of hydrogen-bond donors (Lipinski definition) is 1. The standard InChI is InChI=1S/C13H16N2O/c1-3-10-7-14-9-12(10)11-5-6-13(15-8-11)16-4-2/h5-9,14H,3-4H2,1-2H3. The highest BCUT2D eigenvalue weighted by Crippen LogP contribution is 2.24. The summed E-state index contributed by atoms with van der Waals surface area (Å²) >= 11 is 0. The van der Waals surface area contributed by atoms with Gasteiger partial charge in [0.05, 0.1) is 6.61 Å². The van der Waals surface area contributed by atoms with Crippen LogP contribution >= 0.6 is 0 Å². The lowest BCUT2D eigenvalue weighted by Crippen LogP contribution is -1.93. The van der Waals surface area contributed by atoms with Gasteiger partial charge in [0, 0.05) is 35.8 Å². The van der Waals surface area contributed by atoms with E-state index in [0.29, 0.717) is 12.5 Å². The van der Waals surface area contributed by atoms with Crippen LogP contribution in [-0.2, 0) is 6.42 Å². The predicted molar refractivity (Wildman–Crippen MR) is 64.6 cm³/mol. The summed E-state index contributed by atoms with van der Waals surface area (Å²) in [5.74, 6) is 0.680. The van der Waals surface area contributed by atoms with Crippen LogP contribution in [0.25, 0.3) is 11.1 Å². The predicted octanol–water partition coefficient (Wildman–Crippen LogP) is 3.04. The maximum Gasteiger partial charge on any atom is 0.213 e. The third-order valence-corrected chi connectivity index (χ3v) is 2.55. The Bertz CT molecular complexity index is 445. The van der Waals surface area contributed by atoms with Crippen molar-refractivity contribution in [3.05, 3.63) is 36.3 Å². The van der Waals surface area contributed by atoms with Crippen LogP contribution < -0.4 is 4.74 Å². The molecule has 0 bridgehead atoms. The quantitative estimate of drug-likeness (QED) is 0.853. The van der Waals surface area contributed by atoms with Crippen LogP contribution in [0.2, 0.25) is 0 Å². The average molecular weight is 216 g/mol. The maximum absolute atomic E-state index is 5.32. The van der Waals surface area contributed by atoms with Gasteiger partial charge in [-0.05, 0) is 25.0 Å². The fourth-order valence-electron chi connectivity index (χ4n) is 1.73. The monoisotopic (exact) mass is 216 g/mol. The maximum atomic E-state index is 5.32. The van der Waals surface area contributed by atoms with Crippen LogP contribution in [0.3, 0.4) is 0 Å². The first-order chi connectivity index (χ1) is 7.85. The molecule has 0 aromatic carbocycles. The molecule has 0 amide bonds. The lowest BCUT2D eigenvalue weighted by Gasteiger charge is -2.04. The Kier molecular flexibility index (Phi) is 3.25. The Hall–Kier alpha value is -1.77. The summed E-state index contributed by atoms with van der Waals surface area (Å²) in [5, 5.41) is 0. The molecular formula is C13H16N2O. The normalized spacial score (nSPS) is 10.4. The van der Waals surface area contributed by atoms with E-state index >= 15 is 0 Å². The van der Waals surface area contributed by atoms with E-state index in [1.807, 2.05) is 37.6 Å². The summed E-state index contributed by atoms with van der Waals surface area (Å²) in [6.07, 6.45) is 6.92. The van der Waals surface area contributed by atoms with Crippen molar-refractivity contribution in [3.63, 3.8) is 0 Å². The molecule has 0 unspecified atom stereocenters. The van der Waals surface area contributed by atoms with Crippen LogP contribution in [0, 0.1) is 0 Å². The molecule has 84 valence electrons. The molecular weight excluding hydrogens is 200 g/mol. The van der Waals surface area contributed by atoms with Crippen molar-refractivity contribution in [1.82, 2.24) is 9.97 Å². The zero-order valence-corrected chi connectivity index (χ0v) is 9.66. The summed E-state index contributed by atoms with van der Waals surface area (Å²) in [7, 11) is 0. The third kappa shape index (κ3) is 2.08. The Morgan fingerprint density at radius 3 is 2.75 bits per heavy atom. The van der Waals surface area contributed by atoms with Crippen LogP contribution in [0.15, 0.2) is 30.7 Å². The molecule has 3 heteroatoms. The van der Waals surface area contributed by atoms with E-state index in [4.69, 9.17) is 4.74 Å². The second kappa shape index (κ2) is 4.84. The van der Waals surface area contributed by atoms with Crippen molar-refractivity contribution in [1.29, 1.82) is 0 Å². The van der Waals surface area contributed by atoms with Gasteiger partial charge in [-0.25, -0.2) is 4.98 Å². The molecule has 0 aliphatic heterocycles. The zero-order valence-electron chi connectivity index (χ0n) is 9.66. The van der Waals surface area contributed by atoms with Gasteiger partial charge < -0.3 is 9.72 Å². The Morgan fingerprint density at radius 1 is 1.25 bits per heavy atom. The van der Waals surface area contributed by atoms with Crippen LogP contribution in [0.5, 0.6) is 5.88 Å². The number of H-pyrrole nitrogens is 1. The van der Waals surface area contributed by atoms with Gasteiger partial charge in [0.25, 0.3) is 0 Å². The van der Waals surface area contributed by atoms with E-state index in [2.05, 4.69) is 16.9 Å². The number of aromatic amines is 1. The summed E-state index contributed by atoms with van der Waals surface area (Å²) in [6, 6.07) is 3.95. The fourth-order valence-corrected chi connectivity index (χ4v) is 1.73. The molecule has 3 nitrogen and oxygen atoms in total. The minimum Gasteiger partial charge on any atom is -0.478 e. The van der Waals surface area contributed by atoms with E-state index < -0.39 is 0 Å². The molecule has 0 saturated carbocycles. The molecule has 2 aromatic rings. The van der Waals surface area contributed by atoms with Crippen molar-refractivity contribution in [2.24, 2.45) is 0 Å². The van der Waals surface area contributed by atoms with E-state index in [1.54, 1.807) is 0 Å². The van der Waals surface area contributed by atoms with Crippen LogP contribution in [-0.4, -0.2) is 16.6 Å². The summed E-state index contributed by atoms with van der Waals surface area (Å²) < 4.78 is 5.32. The third-order valence-electron chi connectivity index (χ3n) is 2.55. The van der Waals surface area contributed by atoms with E-state index in [1.165, 1.54) is 11.1 Å². The molecule has 0 saturated heterocycles. The summed E-state index contributed by atoms with van der Waals surface area (Å²) in [6.45, 7) is 4.75. The van der Waals surface area contributed by atoms with Crippen molar-refractivity contribution >= 4 is 0 Å².